The molecule has 0 bridgehead atoms. The van der Waals surface area contributed by atoms with E-state index in [4.69, 9.17) is 0 Å². The molecule has 0 aromatic heterocycles. The molecule has 0 amide bonds. The van der Waals surface area contributed by atoms with E-state index in [1.165, 1.54) is 0 Å². The Bertz CT molecular complexity index is 357. The fourth-order valence-corrected chi connectivity index (χ4v) is 1.10. The molecule has 0 saturated heterocycles. The third-order valence-corrected chi connectivity index (χ3v) is 2.33. The molecular formula is C9H8F3IN2. The predicted molar refractivity (Wildman–Crippen MR) is 61.9 cm³/mol. The van der Waals surface area contributed by atoms with Crippen LogP contribution in [0.5, 0.6) is 0 Å². The van der Waals surface area contributed by atoms with Crippen LogP contribution in [-0.2, 0) is 0 Å². The Morgan fingerprint density at radius 2 is 1.80 bits per heavy atom. The third-order valence-electron chi connectivity index (χ3n) is 1.61. The van der Waals surface area contributed by atoms with Crippen molar-refractivity contribution in [2.24, 2.45) is 5.10 Å². The molecule has 2 nitrogen and oxygen atoms in total. The molecule has 1 aromatic rings. The molecule has 1 rings (SSSR count). The Morgan fingerprint density at radius 3 is 2.27 bits per heavy atom. The summed E-state index contributed by atoms with van der Waals surface area (Å²) < 4.78 is 37.1. The molecule has 0 atom stereocenters. The SMILES string of the molecule is CC(=NNc1ccc(I)cc1)C(F)(F)F. The van der Waals surface area contributed by atoms with Gasteiger partial charge in [0, 0.05) is 3.57 Å². The second-order valence-electron chi connectivity index (χ2n) is 2.81. The molecule has 0 radical (unpaired) electrons. The van der Waals surface area contributed by atoms with Gasteiger partial charge in [-0.2, -0.15) is 18.3 Å². The van der Waals surface area contributed by atoms with E-state index in [9.17, 15) is 13.2 Å². The third kappa shape index (κ3) is 4.06. The monoisotopic (exact) mass is 328 g/mol. The van der Waals surface area contributed by atoms with Gasteiger partial charge in [0.15, 0.2) is 0 Å². The van der Waals surface area contributed by atoms with Crippen LogP contribution in [0, 0.1) is 3.57 Å². The standard InChI is InChI=1S/C9H8F3IN2/c1-6(9(10,11)12)14-15-8-4-2-7(13)3-5-8/h2-5,15H,1H3. The minimum atomic E-state index is -4.38. The maximum Gasteiger partial charge on any atom is 0.430 e. The second-order valence-corrected chi connectivity index (χ2v) is 4.06. The van der Waals surface area contributed by atoms with Crippen molar-refractivity contribution in [3.8, 4) is 0 Å². The molecule has 1 aromatic carbocycles. The molecule has 6 heteroatoms. The number of nitrogens with zero attached hydrogens (tertiary/aromatic N) is 1. The lowest BCUT2D eigenvalue weighted by molar-refractivity contribution is -0.0592. The number of nitrogens with one attached hydrogen (secondary N) is 1. The lowest BCUT2D eigenvalue weighted by atomic mass is 10.3. The highest BCUT2D eigenvalue weighted by molar-refractivity contribution is 14.1. The molecule has 0 saturated carbocycles. The van der Waals surface area contributed by atoms with Crippen molar-refractivity contribution in [3.63, 3.8) is 0 Å². The quantitative estimate of drug-likeness (QED) is 0.500. The largest absolute Gasteiger partial charge is 0.430 e. The van der Waals surface area contributed by atoms with Crippen LogP contribution < -0.4 is 5.43 Å². The molecule has 82 valence electrons. The molecular weight excluding hydrogens is 320 g/mol. The van der Waals surface area contributed by atoms with E-state index in [0.29, 0.717) is 5.69 Å². The van der Waals surface area contributed by atoms with Gasteiger partial charge in [0.2, 0.25) is 0 Å². The molecule has 0 unspecified atom stereocenters. The van der Waals surface area contributed by atoms with E-state index >= 15 is 0 Å². The summed E-state index contributed by atoms with van der Waals surface area (Å²) >= 11 is 2.11. The van der Waals surface area contributed by atoms with Crippen LogP contribution in [0.25, 0.3) is 0 Å². The summed E-state index contributed by atoms with van der Waals surface area (Å²) in [6.07, 6.45) is -4.38. The normalized spacial score (nSPS) is 12.7. The Hall–Kier alpha value is -0.790. The van der Waals surface area contributed by atoms with Crippen molar-refractivity contribution in [2.45, 2.75) is 13.1 Å². The van der Waals surface area contributed by atoms with E-state index in [2.05, 4.69) is 33.1 Å². The first-order chi connectivity index (χ1) is 6.89. The van der Waals surface area contributed by atoms with E-state index in [-0.39, 0.29) is 0 Å². The van der Waals surface area contributed by atoms with Gasteiger partial charge in [-0.3, -0.25) is 5.43 Å². The summed E-state index contributed by atoms with van der Waals surface area (Å²) in [5.41, 5.74) is 1.97. The Kier molecular flexibility index (Phi) is 3.95. The van der Waals surface area contributed by atoms with Crippen LogP contribution in [0.3, 0.4) is 0 Å². The molecule has 0 aliphatic heterocycles. The zero-order valence-corrected chi connectivity index (χ0v) is 9.93. The highest BCUT2D eigenvalue weighted by Crippen LogP contribution is 2.17. The van der Waals surface area contributed by atoms with Gasteiger partial charge in [-0.1, -0.05) is 0 Å². The van der Waals surface area contributed by atoms with E-state index in [1.54, 1.807) is 24.3 Å². The maximum absolute atomic E-state index is 12.0. The van der Waals surface area contributed by atoms with Crippen molar-refractivity contribution < 1.29 is 13.2 Å². The van der Waals surface area contributed by atoms with Gasteiger partial charge < -0.3 is 0 Å². The number of hydrogen-bond donors (Lipinski definition) is 1. The van der Waals surface area contributed by atoms with E-state index in [0.717, 1.165) is 10.5 Å². The van der Waals surface area contributed by atoms with Crippen molar-refractivity contribution in [2.75, 3.05) is 5.43 Å². The highest BCUT2D eigenvalue weighted by Gasteiger charge is 2.32. The van der Waals surface area contributed by atoms with Crippen LogP contribution in [0.1, 0.15) is 6.92 Å². The van der Waals surface area contributed by atoms with Crippen molar-refractivity contribution in [1.29, 1.82) is 0 Å². The summed E-state index contributed by atoms with van der Waals surface area (Å²) in [4.78, 5) is 0. The van der Waals surface area contributed by atoms with Gasteiger partial charge in [-0.05, 0) is 53.8 Å². The Labute approximate surface area is 98.7 Å². The van der Waals surface area contributed by atoms with Crippen LogP contribution in [0.4, 0.5) is 18.9 Å². The number of hydrogen-bond acceptors (Lipinski definition) is 2. The molecule has 1 N–H and O–H groups in total. The Morgan fingerprint density at radius 1 is 1.27 bits per heavy atom. The van der Waals surface area contributed by atoms with Crippen molar-refractivity contribution >= 4 is 34.0 Å². The van der Waals surface area contributed by atoms with Gasteiger partial charge >= 0.3 is 6.18 Å². The molecule has 0 fully saturated rings. The van der Waals surface area contributed by atoms with Crippen LogP contribution >= 0.6 is 22.6 Å². The zero-order chi connectivity index (χ0) is 11.5. The first-order valence-electron chi connectivity index (χ1n) is 4.02. The minimum absolute atomic E-state index is 0.527. The lowest BCUT2D eigenvalue weighted by Gasteiger charge is -2.06. The number of anilines is 1. The van der Waals surface area contributed by atoms with Crippen molar-refractivity contribution in [1.82, 2.24) is 0 Å². The maximum atomic E-state index is 12.0. The van der Waals surface area contributed by atoms with Gasteiger partial charge in [0.25, 0.3) is 0 Å². The topological polar surface area (TPSA) is 24.4 Å². The van der Waals surface area contributed by atoms with Gasteiger partial charge in [-0.25, -0.2) is 0 Å². The summed E-state index contributed by atoms with van der Waals surface area (Å²) in [5, 5.41) is 3.23. The average molecular weight is 328 g/mol. The predicted octanol–water partition coefficient (Wildman–Crippen LogP) is 3.64. The molecule has 0 spiro atoms. The fraction of sp³-hybridized carbons (Fsp3) is 0.222. The Balaban J connectivity index is 2.68. The molecule has 0 aliphatic carbocycles. The van der Waals surface area contributed by atoms with E-state index < -0.39 is 11.9 Å². The fourth-order valence-electron chi connectivity index (χ4n) is 0.736. The molecule has 15 heavy (non-hydrogen) atoms. The number of hydrazone groups is 1. The number of halogens is 4. The summed E-state index contributed by atoms with van der Waals surface area (Å²) in [6, 6.07) is 6.88. The number of benzene rings is 1. The number of rotatable bonds is 2. The van der Waals surface area contributed by atoms with Crippen molar-refractivity contribution in [3.05, 3.63) is 27.8 Å². The highest BCUT2D eigenvalue weighted by atomic mass is 127. The first-order valence-corrected chi connectivity index (χ1v) is 5.10. The van der Waals surface area contributed by atoms with Crippen LogP contribution in [0.15, 0.2) is 29.4 Å². The lowest BCUT2D eigenvalue weighted by Crippen LogP contribution is -2.20. The summed E-state index contributed by atoms with van der Waals surface area (Å²) in [6.45, 7) is 0.916. The van der Waals surface area contributed by atoms with Crippen LogP contribution in [0.2, 0.25) is 0 Å². The zero-order valence-electron chi connectivity index (χ0n) is 7.77. The second kappa shape index (κ2) is 4.82. The van der Waals surface area contributed by atoms with Crippen LogP contribution in [-0.4, -0.2) is 11.9 Å². The smallest absolute Gasteiger partial charge is 0.278 e. The molecule has 0 aliphatic rings. The van der Waals surface area contributed by atoms with Gasteiger partial charge in [-0.15, -0.1) is 0 Å². The summed E-state index contributed by atoms with van der Waals surface area (Å²) in [5.74, 6) is 0. The summed E-state index contributed by atoms with van der Waals surface area (Å²) in [7, 11) is 0. The average Bonchev–Trinajstić information content (AvgIpc) is 2.15. The number of alkyl halides is 3. The van der Waals surface area contributed by atoms with Gasteiger partial charge in [0.05, 0.1) is 5.69 Å². The minimum Gasteiger partial charge on any atom is -0.278 e. The van der Waals surface area contributed by atoms with Gasteiger partial charge in [0.1, 0.15) is 5.71 Å². The van der Waals surface area contributed by atoms with E-state index in [1.807, 2.05) is 0 Å². The molecule has 0 heterocycles. The first kappa shape index (κ1) is 12.3.